The molecular formula is C11H14O2. The van der Waals surface area contributed by atoms with Gasteiger partial charge in [-0.1, -0.05) is 24.6 Å². The molecule has 2 aliphatic carbocycles. The van der Waals surface area contributed by atoms with Gasteiger partial charge in [-0.2, -0.15) is 0 Å². The Labute approximate surface area is 78.0 Å². The summed E-state index contributed by atoms with van der Waals surface area (Å²) in [6, 6.07) is 0. The van der Waals surface area contributed by atoms with E-state index in [9.17, 15) is 4.79 Å². The van der Waals surface area contributed by atoms with Crippen molar-refractivity contribution in [2.75, 3.05) is 0 Å². The highest BCUT2D eigenvalue weighted by molar-refractivity contribution is 5.81. The van der Waals surface area contributed by atoms with Crippen LogP contribution in [0.1, 0.15) is 19.8 Å². The number of aliphatic carboxylic acids is 1. The monoisotopic (exact) mass is 178 g/mol. The van der Waals surface area contributed by atoms with Gasteiger partial charge in [0, 0.05) is 12.0 Å². The fraction of sp³-hybridized carbons (Fsp3) is 0.545. The number of hydrogen-bond donors (Lipinski definition) is 1. The Hall–Kier alpha value is -1.05. The molecule has 0 heterocycles. The number of rotatable bonds is 2. The van der Waals surface area contributed by atoms with E-state index in [-0.39, 0.29) is 0 Å². The fourth-order valence-electron chi connectivity index (χ4n) is 2.49. The van der Waals surface area contributed by atoms with Gasteiger partial charge in [-0.15, -0.1) is 0 Å². The van der Waals surface area contributed by atoms with Crippen LogP contribution in [0.25, 0.3) is 0 Å². The number of carbonyl (C=O) groups is 1. The SMILES string of the molecule is CCC1C=C[C@H]2/C(=C\C(=O)O)C[C@@H]12. The first kappa shape index (κ1) is 8.54. The second kappa shape index (κ2) is 3.02. The fourth-order valence-corrected chi connectivity index (χ4v) is 2.49. The Kier molecular flexibility index (Phi) is 1.98. The van der Waals surface area contributed by atoms with E-state index < -0.39 is 5.97 Å². The normalized spacial score (nSPS) is 38.8. The molecule has 0 aromatic heterocycles. The molecule has 2 nitrogen and oxygen atoms in total. The highest BCUT2D eigenvalue weighted by atomic mass is 16.4. The third-order valence-corrected chi connectivity index (χ3v) is 3.26. The number of fused-ring (bicyclic) bond motifs is 1. The minimum Gasteiger partial charge on any atom is -0.478 e. The van der Waals surface area contributed by atoms with E-state index >= 15 is 0 Å². The van der Waals surface area contributed by atoms with Gasteiger partial charge < -0.3 is 5.11 Å². The molecule has 3 atom stereocenters. The van der Waals surface area contributed by atoms with E-state index in [2.05, 4.69) is 19.1 Å². The topological polar surface area (TPSA) is 37.3 Å². The first-order valence-electron chi connectivity index (χ1n) is 4.84. The molecule has 13 heavy (non-hydrogen) atoms. The van der Waals surface area contributed by atoms with Crippen LogP contribution in [-0.2, 0) is 4.79 Å². The van der Waals surface area contributed by atoms with Gasteiger partial charge >= 0.3 is 5.97 Å². The Morgan fingerprint density at radius 3 is 3.08 bits per heavy atom. The van der Waals surface area contributed by atoms with Crippen LogP contribution in [0.15, 0.2) is 23.8 Å². The molecule has 1 N–H and O–H groups in total. The molecule has 0 bridgehead atoms. The largest absolute Gasteiger partial charge is 0.478 e. The second-order valence-electron chi connectivity index (χ2n) is 3.91. The number of carboxylic acids is 1. The zero-order valence-electron chi connectivity index (χ0n) is 7.73. The summed E-state index contributed by atoms with van der Waals surface area (Å²) in [5.41, 5.74) is 1.10. The maximum absolute atomic E-state index is 10.4. The maximum atomic E-state index is 10.4. The molecule has 2 rings (SSSR count). The lowest BCUT2D eigenvalue weighted by Crippen LogP contribution is -2.29. The minimum atomic E-state index is -0.804. The van der Waals surface area contributed by atoms with Gasteiger partial charge in [-0.25, -0.2) is 4.79 Å². The maximum Gasteiger partial charge on any atom is 0.328 e. The molecule has 0 amide bonds. The highest BCUT2D eigenvalue weighted by Gasteiger charge is 2.41. The predicted molar refractivity (Wildman–Crippen MR) is 50.2 cm³/mol. The van der Waals surface area contributed by atoms with Crippen LogP contribution in [0.3, 0.4) is 0 Å². The van der Waals surface area contributed by atoms with Gasteiger partial charge in [0.25, 0.3) is 0 Å². The highest BCUT2D eigenvalue weighted by Crippen LogP contribution is 2.50. The van der Waals surface area contributed by atoms with E-state index in [1.54, 1.807) is 0 Å². The van der Waals surface area contributed by atoms with E-state index in [0.717, 1.165) is 12.0 Å². The Balaban J connectivity index is 2.06. The second-order valence-corrected chi connectivity index (χ2v) is 3.91. The third kappa shape index (κ3) is 1.30. The lowest BCUT2D eigenvalue weighted by molar-refractivity contribution is -0.131. The van der Waals surface area contributed by atoms with Crippen LogP contribution in [-0.4, -0.2) is 11.1 Å². The summed E-state index contributed by atoms with van der Waals surface area (Å²) < 4.78 is 0. The average Bonchev–Trinajstić information content (AvgIpc) is 2.38. The Morgan fingerprint density at radius 1 is 1.69 bits per heavy atom. The zero-order chi connectivity index (χ0) is 9.42. The molecule has 0 spiro atoms. The molecule has 0 aromatic rings. The van der Waals surface area contributed by atoms with Crippen molar-refractivity contribution in [3.8, 4) is 0 Å². The molecule has 0 aromatic carbocycles. The predicted octanol–water partition coefficient (Wildman–Crippen LogP) is 2.23. The van der Waals surface area contributed by atoms with Crippen molar-refractivity contribution in [2.45, 2.75) is 19.8 Å². The van der Waals surface area contributed by atoms with E-state index in [0.29, 0.717) is 17.8 Å². The van der Waals surface area contributed by atoms with Crippen LogP contribution in [0.4, 0.5) is 0 Å². The first-order valence-corrected chi connectivity index (χ1v) is 4.84. The van der Waals surface area contributed by atoms with Crippen molar-refractivity contribution in [3.63, 3.8) is 0 Å². The molecule has 70 valence electrons. The lowest BCUT2D eigenvalue weighted by Gasteiger charge is -2.37. The summed E-state index contributed by atoms with van der Waals surface area (Å²) in [6.07, 6.45) is 7.97. The van der Waals surface area contributed by atoms with E-state index in [1.807, 2.05) is 0 Å². The summed E-state index contributed by atoms with van der Waals surface area (Å²) in [5.74, 6) is 1.04. The summed E-state index contributed by atoms with van der Waals surface area (Å²) in [7, 11) is 0. The lowest BCUT2D eigenvalue weighted by atomic mass is 9.67. The smallest absolute Gasteiger partial charge is 0.328 e. The van der Waals surface area contributed by atoms with Crippen molar-refractivity contribution >= 4 is 5.97 Å². The molecule has 2 heteroatoms. The summed E-state index contributed by atoms with van der Waals surface area (Å²) >= 11 is 0. The zero-order valence-corrected chi connectivity index (χ0v) is 7.73. The van der Waals surface area contributed by atoms with Gasteiger partial charge in [0.15, 0.2) is 0 Å². The number of carboxylic acid groups (broad SMARTS) is 1. The molecular weight excluding hydrogens is 164 g/mol. The van der Waals surface area contributed by atoms with Crippen LogP contribution in [0.2, 0.25) is 0 Å². The average molecular weight is 178 g/mol. The third-order valence-electron chi connectivity index (χ3n) is 3.26. The molecule has 0 radical (unpaired) electrons. The standard InChI is InChI=1S/C11H14O2/c1-2-7-3-4-9-8(5-10(7)9)6-11(12)13/h3-4,6-7,9-10H,2,5H2,1H3,(H,12,13)/b8-6-/t7?,9-,10-/m0/s1. The van der Waals surface area contributed by atoms with Gasteiger partial charge in [0.2, 0.25) is 0 Å². The molecule has 2 aliphatic rings. The first-order chi connectivity index (χ1) is 6.22. The van der Waals surface area contributed by atoms with Gasteiger partial charge in [-0.05, 0) is 24.7 Å². The minimum absolute atomic E-state index is 0.445. The van der Waals surface area contributed by atoms with Crippen molar-refractivity contribution in [2.24, 2.45) is 17.8 Å². The van der Waals surface area contributed by atoms with Gasteiger partial charge in [-0.3, -0.25) is 0 Å². The molecule has 1 fully saturated rings. The summed E-state index contributed by atoms with van der Waals surface area (Å²) in [6.45, 7) is 2.19. The summed E-state index contributed by atoms with van der Waals surface area (Å²) in [4.78, 5) is 10.4. The Morgan fingerprint density at radius 2 is 2.46 bits per heavy atom. The quantitative estimate of drug-likeness (QED) is 0.520. The number of hydrogen-bond acceptors (Lipinski definition) is 1. The molecule has 0 saturated heterocycles. The molecule has 1 saturated carbocycles. The van der Waals surface area contributed by atoms with Crippen molar-refractivity contribution in [1.29, 1.82) is 0 Å². The van der Waals surface area contributed by atoms with Crippen LogP contribution in [0.5, 0.6) is 0 Å². The van der Waals surface area contributed by atoms with Gasteiger partial charge in [0.05, 0.1) is 0 Å². The van der Waals surface area contributed by atoms with E-state index in [4.69, 9.17) is 5.11 Å². The molecule has 0 aliphatic heterocycles. The van der Waals surface area contributed by atoms with Gasteiger partial charge in [0.1, 0.15) is 0 Å². The number of allylic oxidation sites excluding steroid dienone is 3. The van der Waals surface area contributed by atoms with Crippen LogP contribution in [0, 0.1) is 17.8 Å². The van der Waals surface area contributed by atoms with Crippen LogP contribution >= 0.6 is 0 Å². The molecule has 1 unspecified atom stereocenters. The van der Waals surface area contributed by atoms with E-state index in [1.165, 1.54) is 12.5 Å². The van der Waals surface area contributed by atoms with Crippen molar-refractivity contribution in [1.82, 2.24) is 0 Å². The Bertz CT molecular complexity index is 288. The van der Waals surface area contributed by atoms with Crippen molar-refractivity contribution in [3.05, 3.63) is 23.8 Å². The summed E-state index contributed by atoms with van der Waals surface area (Å²) in [5, 5.41) is 8.59. The van der Waals surface area contributed by atoms with Crippen LogP contribution < -0.4 is 0 Å². The van der Waals surface area contributed by atoms with Crippen molar-refractivity contribution < 1.29 is 9.90 Å².